The number of carbonyl (C=O) groups is 1. The normalized spacial score (nSPS) is 15.5. The number of thioether (sulfide) groups is 1. The quantitative estimate of drug-likeness (QED) is 0.836. The van der Waals surface area contributed by atoms with E-state index in [0.717, 1.165) is 28.7 Å². The van der Waals surface area contributed by atoms with Gasteiger partial charge in [0.1, 0.15) is 10.1 Å². The Morgan fingerprint density at radius 3 is 2.59 bits per heavy atom. The van der Waals surface area contributed by atoms with Crippen LogP contribution in [0.15, 0.2) is 24.3 Å². The zero-order valence-electron chi connectivity index (χ0n) is 13.0. The molecular weight excluding hydrogens is 316 g/mol. The largest absolute Gasteiger partial charge is 0.497 e. The maximum atomic E-state index is 12.2. The Kier molecular flexibility index (Phi) is 6.51. The Morgan fingerprint density at radius 1 is 1.36 bits per heavy atom. The lowest BCUT2D eigenvalue weighted by Gasteiger charge is -2.20. The van der Waals surface area contributed by atoms with Gasteiger partial charge >= 0.3 is 0 Å². The van der Waals surface area contributed by atoms with Crippen molar-refractivity contribution >= 4 is 34.2 Å². The molecule has 1 N–H and O–H groups in total. The van der Waals surface area contributed by atoms with E-state index >= 15 is 0 Å². The van der Waals surface area contributed by atoms with Gasteiger partial charge in [-0.2, -0.15) is 0 Å². The number of thiocarbonyl (C=S) groups is 1. The fourth-order valence-corrected chi connectivity index (χ4v) is 3.70. The lowest BCUT2D eigenvalue weighted by molar-refractivity contribution is -0.120. The molecule has 0 aromatic heterocycles. The van der Waals surface area contributed by atoms with Crippen LogP contribution in [0.4, 0.5) is 0 Å². The first-order chi connectivity index (χ1) is 10.6. The lowest BCUT2D eigenvalue weighted by atomic mass is 10.2. The summed E-state index contributed by atoms with van der Waals surface area (Å²) in [5, 5.41) is 2.78. The van der Waals surface area contributed by atoms with E-state index in [9.17, 15) is 4.79 Å². The van der Waals surface area contributed by atoms with E-state index in [1.807, 2.05) is 31.2 Å². The number of ether oxygens (including phenoxy) is 1. The number of methoxy groups -OCH3 is 1. The molecule has 1 fully saturated rings. The number of hydrogen-bond acceptors (Lipinski definition) is 4. The third-order valence-electron chi connectivity index (χ3n) is 3.64. The standard InChI is InChI=1S/C16H22N2O2S2/c1-12(22-16(21)18-9-3-4-10-18)15(19)17-11-13-5-7-14(20-2)8-6-13/h5-8,12H,3-4,9-11H2,1-2H3,(H,17,19)/t12-/m0/s1. The molecule has 1 saturated heterocycles. The molecule has 1 aliphatic heterocycles. The molecule has 0 radical (unpaired) electrons. The Bertz CT molecular complexity index is 513. The van der Waals surface area contributed by atoms with Crippen LogP contribution in [0.1, 0.15) is 25.3 Å². The molecule has 2 rings (SSSR count). The van der Waals surface area contributed by atoms with Crippen molar-refractivity contribution in [1.29, 1.82) is 0 Å². The molecule has 4 nitrogen and oxygen atoms in total. The second-order valence-corrected chi connectivity index (χ2v) is 7.26. The summed E-state index contributed by atoms with van der Waals surface area (Å²) in [5.41, 5.74) is 1.05. The predicted molar refractivity (Wildman–Crippen MR) is 95.3 cm³/mol. The summed E-state index contributed by atoms with van der Waals surface area (Å²) in [5.74, 6) is 0.831. The fourth-order valence-electron chi connectivity index (χ4n) is 2.26. The number of rotatable bonds is 5. The number of nitrogens with one attached hydrogen (secondary N) is 1. The number of likely N-dealkylation sites (tertiary alicyclic amines) is 1. The van der Waals surface area contributed by atoms with Gasteiger partial charge in [0.15, 0.2) is 0 Å². The third-order valence-corrected chi connectivity index (χ3v) is 5.21. The van der Waals surface area contributed by atoms with Crippen LogP contribution < -0.4 is 10.1 Å². The number of nitrogens with zero attached hydrogens (tertiary/aromatic N) is 1. The molecule has 1 aliphatic rings. The van der Waals surface area contributed by atoms with Gasteiger partial charge in [0.05, 0.1) is 12.4 Å². The van der Waals surface area contributed by atoms with E-state index in [2.05, 4.69) is 10.2 Å². The van der Waals surface area contributed by atoms with Crippen LogP contribution in [-0.2, 0) is 11.3 Å². The maximum Gasteiger partial charge on any atom is 0.233 e. The molecule has 120 valence electrons. The maximum absolute atomic E-state index is 12.2. The van der Waals surface area contributed by atoms with E-state index in [-0.39, 0.29) is 11.2 Å². The van der Waals surface area contributed by atoms with Gasteiger partial charge in [-0.15, -0.1) is 0 Å². The second-order valence-electron chi connectivity index (χ2n) is 5.29. The van der Waals surface area contributed by atoms with Crippen molar-refractivity contribution in [2.75, 3.05) is 20.2 Å². The molecule has 0 bridgehead atoms. The van der Waals surface area contributed by atoms with Gasteiger partial charge in [0, 0.05) is 19.6 Å². The number of benzene rings is 1. The van der Waals surface area contributed by atoms with Crippen LogP contribution in [0, 0.1) is 0 Å². The number of amides is 1. The molecule has 0 spiro atoms. The SMILES string of the molecule is COc1ccc(CNC(=O)[C@H](C)SC(=S)N2CCCC2)cc1. The van der Waals surface area contributed by atoms with Crippen molar-refractivity contribution in [3.05, 3.63) is 29.8 Å². The molecule has 1 heterocycles. The van der Waals surface area contributed by atoms with Crippen molar-refractivity contribution in [2.45, 2.75) is 31.6 Å². The van der Waals surface area contributed by atoms with Crippen LogP contribution >= 0.6 is 24.0 Å². The Morgan fingerprint density at radius 2 is 2.00 bits per heavy atom. The first-order valence-corrected chi connectivity index (χ1v) is 8.75. The third kappa shape index (κ3) is 4.88. The van der Waals surface area contributed by atoms with Crippen LogP contribution in [0.5, 0.6) is 5.75 Å². The molecule has 1 atom stereocenters. The van der Waals surface area contributed by atoms with E-state index in [1.165, 1.54) is 24.6 Å². The summed E-state index contributed by atoms with van der Waals surface area (Å²) in [4.78, 5) is 14.3. The summed E-state index contributed by atoms with van der Waals surface area (Å²) in [6, 6.07) is 7.68. The first-order valence-electron chi connectivity index (χ1n) is 7.46. The first kappa shape index (κ1) is 17.1. The smallest absolute Gasteiger partial charge is 0.233 e. The average Bonchev–Trinajstić information content (AvgIpc) is 3.07. The van der Waals surface area contributed by atoms with Crippen molar-refractivity contribution in [3.63, 3.8) is 0 Å². The summed E-state index contributed by atoms with van der Waals surface area (Å²) in [7, 11) is 1.64. The van der Waals surface area contributed by atoms with Gasteiger partial charge < -0.3 is 15.0 Å². The van der Waals surface area contributed by atoms with Gasteiger partial charge in [-0.25, -0.2) is 0 Å². The van der Waals surface area contributed by atoms with Crippen LogP contribution in [0.3, 0.4) is 0 Å². The monoisotopic (exact) mass is 338 g/mol. The predicted octanol–water partition coefficient (Wildman–Crippen LogP) is 2.81. The summed E-state index contributed by atoms with van der Waals surface area (Å²) in [6.45, 7) is 4.46. The zero-order chi connectivity index (χ0) is 15.9. The summed E-state index contributed by atoms with van der Waals surface area (Å²) in [6.07, 6.45) is 2.39. The van der Waals surface area contributed by atoms with Gasteiger partial charge in [-0.05, 0) is 37.5 Å². The Labute approximate surface area is 141 Å². The molecule has 6 heteroatoms. The molecule has 0 saturated carbocycles. The van der Waals surface area contributed by atoms with Crippen LogP contribution in [-0.4, -0.2) is 40.6 Å². The van der Waals surface area contributed by atoms with E-state index < -0.39 is 0 Å². The minimum absolute atomic E-state index is 0.0161. The number of hydrogen-bond donors (Lipinski definition) is 1. The van der Waals surface area contributed by atoms with E-state index in [0.29, 0.717) is 6.54 Å². The van der Waals surface area contributed by atoms with Gasteiger partial charge in [0.2, 0.25) is 5.91 Å². The van der Waals surface area contributed by atoms with Crippen molar-refractivity contribution in [1.82, 2.24) is 10.2 Å². The molecule has 1 aromatic rings. The van der Waals surface area contributed by atoms with Crippen molar-refractivity contribution < 1.29 is 9.53 Å². The van der Waals surface area contributed by atoms with Crippen LogP contribution in [0.25, 0.3) is 0 Å². The Balaban J connectivity index is 1.76. The molecule has 22 heavy (non-hydrogen) atoms. The van der Waals surface area contributed by atoms with Crippen molar-refractivity contribution in [3.8, 4) is 5.75 Å². The number of carbonyl (C=O) groups excluding carboxylic acids is 1. The van der Waals surface area contributed by atoms with E-state index in [4.69, 9.17) is 17.0 Å². The molecule has 0 aliphatic carbocycles. The highest BCUT2D eigenvalue weighted by molar-refractivity contribution is 8.23. The fraction of sp³-hybridized carbons (Fsp3) is 0.500. The molecule has 0 unspecified atom stereocenters. The average molecular weight is 338 g/mol. The van der Waals surface area contributed by atoms with Gasteiger partial charge in [-0.3, -0.25) is 4.79 Å². The second kappa shape index (κ2) is 8.39. The Hall–Kier alpha value is -1.27. The zero-order valence-corrected chi connectivity index (χ0v) is 14.6. The molecule has 1 aromatic carbocycles. The molecular formula is C16H22N2O2S2. The highest BCUT2D eigenvalue weighted by Gasteiger charge is 2.21. The van der Waals surface area contributed by atoms with Crippen LogP contribution in [0.2, 0.25) is 0 Å². The van der Waals surface area contributed by atoms with Gasteiger partial charge in [-0.1, -0.05) is 36.1 Å². The molecule has 1 amide bonds. The minimum atomic E-state index is -0.175. The lowest BCUT2D eigenvalue weighted by Crippen LogP contribution is -2.33. The summed E-state index contributed by atoms with van der Waals surface area (Å²) < 4.78 is 5.95. The highest BCUT2D eigenvalue weighted by Crippen LogP contribution is 2.20. The van der Waals surface area contributed by atoms with E-state index in [1.54, 1.807) is 7.11 Å². The topological polar surface area (TPSA) is 41.6 Å². The minimum Gasteiger partial charge on any atom is -0.497 e. The van der Waals surface area contributed by atoms with Gasteiger partial charge in [0.25, 0.3) is 0 Å². The highest BCUT2D eigenvalue weighted by atomic mass is 32.2. The summed E-state index contributed by atoms with van der Waals surface area (Å²) >= 11 is 6.88. The van der Waals surface area contributed by atoms with Crippen molar-refractivity contribution in [2.24, 2.45) is 0 Å².